The molecule has 4 nitrogen and oxygen atoms in total. The van der Waals surface area contributed by atoms with E-state index in [9.17, 15) is 4.79 Å². The molecule has 1 aromatic carbocycles. The molecule has 5 atom stereocenters. The average molecular weight is 393 g/mol. The van der Waals surface area contributed by atoms with Gasteiger partial charge in [0.25, 0.3) is 0 Å². The van der Waals surface area contributed by atoms with Gasteiger partial charge >= 0.3 is 5.97 Å². The number of benzene rings is 1. The number of nitrogens with zero attached hydrogens (tertiary/aromatic N) is 1. The van der Waals surface area contributed by atoms with E-state index in [2.05, 4.69) is 36.3 Å². The van der Waals surface area contributed by atoms with Gasteiger partial charge < -0.3 is 10.1 Å². The lowest BCUT2D eigenvalue weighted by Gasteiger charge is -2.34. The number of hydrogen-bond donors (Lipinski definition) is 1. The molecule has 2 fully saturated rings. The van der Waals surface area contributed by atoms with Gasteiger partial charge in [0.15, 0.2) is 0 Å². The summed E-state index contributed by atoms with van der Waals surface area (Å²) in [4.78, 5) is 14.5. The summed E-state index contributed by atoms with van der Waals surface area (Å²) in [6, 6.07) is 9.20. The zero-order valence-corrected chi connectivity index (χ0v) is 17.5. The first kappa shape index (κ1) is 20.6. The highest BCUT2D eigenvalue weighted by atomic mass is 35.5. The molecule has 3 rings (SSSR count). The van der Waals surface area contributed by atoms with Crippen molar-refractivity contribution in [1.82, 2.24) is 10.2 Å². The first-order chi connectivity index (χ1) is 13.0. The van der Waals surface area contributed by atoms with Crippen molar-refractivity contribution in [3.63, 3.8) is 0 Å². The van der Waals surface area contributed by atoms with Crippen LogP contribution in [0.15, 0.2) is 24.3 Å². The zero-order chi connectivity index (χ0) is 19.4. The van der Waals surface area contributed by atoms with Crippen molar-refractivity contribution in [2.45, 2.75) is 51.6 Å². The van der Waals surface area contributed by atoms with Crippen LogP contribution in [0.25, 0.3) is 0 Å². The van der Waals surface area contributed by atoms with Crippen molar-refractivity contribution in [2.24, 2.45) is 17.8 Å². The van der Waals surface area contributed by atoms with Crippen LogP contribution in [0, 0.1) is 17.8 Å². The molecule has 0 radical (unpaired) electrons. The van der Waals surface area contributed by atoms with Gasteiger partial charge in [0.2, 0.25) is 0 Å². The molecule has 1 heterocycles. The fraction of sp³-hybridized carbons (Fsp3) is 0.682. The summed E-state index contributed by atoms with van der Waals surface area (Å²) < 4.78 is 5.24. The molecular weight excluding hydrogens is 360 g/mol. The fourth-order valence-corrected chi connectivity index (χ4v) is 5.15. The van der Waals surface area contributed by atoms with Gasteiger partial charge in [0, 0.05) is 23.7 Å². The fourth-order valence-electron chi connectivity index (χ4n) is 4.96. The third-order valence-electron chi connectivity index (χ3n) is 6.39. The molecular formula is C22H33ClN2O2. The monoisotopic (exact) mass is 392 g/mol. The van der Waals surface area contributed by atoms with E-state index in [4.69, 9.17) is 16.3 Å². The van der Waals surface area contributed by atoms with Crippen LogP contribution in [-0.4, -0.2) is 43.7 Å². The Balaban J connectivity index is 1.54. The summed E-state index contributed by atoms with van der Waals surface area (Å²) in [7, 11) is 2.21. The third-order valence-corrected chi connectivity index (χ3v) is 6.63. The Hall–Kier alpha value is -1.10. The number of ether oxygens (including phenoxy) is 1. The lowest BCUT2D eigenvalue weighted by molar-refractivity contribution is -0.151. The number of rotatable bonds is 6. The molecule has 1 aliphatic carbocycles. The summed E-state index contributed by atoms with van der Waals surface area (Å²) in [5, 5.41) is 4.62. The van der Waals surface area contributed by atoms with E-state index in [1.807, 2.05) is 19.1 Å². The van der Waals surface area contributed by atoms with Crippen molar-refractivity contribution in [2.75, 3.05) is 26.7 Å². The van der Waals surface area contributed by atoms with Crippen LogP contribution >= 0.6 is 11.6 Å². The summed E-state index contributed by atoms with van der Waals surface area (Å²) in [6.07, 6.45) is 4.24. The lowest BCUT2D eigenvalue weighted by Crippen LogP contribution is -2.42. The maximum Gasteiger partial charge on any atom is 0.309 e. The van der Waals surface area contributed by atoms with Crippen LogP contribution in [0.4, 0.5) is 0 Å². The minimum Gasteiger partial charge on any atom is -0.466 e. The van der Waals surface area contributed by atoms with E-state index >= 15 is 0 Å². The number of carbonyl (C=O) groups excluding carboxylic acids is 1. The molecule has 1 aliphatic heterocycles. The van der Waals surface area contributed by atoms with Crippen LogP contribution in [-0.2, 0) is 9.53 Å². The normalized spacial score (nSPS) is 31.8. The van der Waals surface area contributed by atoms with Gasteiger partial charge in [-0.1, -0.05) is 30.7 Å². The Bertz CT molecular complexity index is 638. The molecule has 0 bridgehead atoms. The molecule has 150 valence electrons. The van der Waals surface area contributed by atoms with Gasteiger partial charge in [-0.25, -0.2) is 0 Å². The second-order valence-electron chi connectivity index (χ2n) is 8.28. The van der Waals surface area contributed by atoms with Crippen LogP contribution in [0.3, 0.4) is 0 Å². The van der Waals surface area contributed by atoms with Crippen molar-refractivity contribution in [3.05, 3.63) is 34.9 Å². The van der Waals surface area contributed by atoms with E-state index in [1.165, 1.54) is 12.0 Å². The van der Waals surface area contributed by atoms with E-state index < -0.39 is 0 Å². The minimum atomic E-state index is -0.0121. The molecule has 27 heavy (non-hydrogen) atoms. The number of esters is 1. The van der Waals surface area contributed by atoms with E-state index in [-0.39, 0.29) is 11.9 Å². The van der Waals surface area contributed by atoms with E-state index in [0.717, 1.165) is 37.4 Å². The van der Waals surface area contributed by atoms with Gasteiger partial charge in [0.1, 0.15) is 0 Å². The van der Waals surface area contributed by atoms with Gasteiger partial charge in [-0.15, -0.1) is 0 Å². The van der Waals surface area contributed by atoms with Crippen molar-refractivity contribution >= 4 is 17.6 Å². The van der Waals surface area contributed by atoms with Crippen LogP contribution in [0.5, 0.6) is 0 Å². The van der Waals surface area contributed by atoms with Gasteiger partial charge in [-0.3, -0.25) is 9.69 Å². The first-order valence-corrected chi connectivity index (χ1v) is 10.7. The Morgan fingerprint density at radius 1 is 1.33 bits per heavy atom. The molecule has 1 saturated heterocycles. The van der Waals surface area contributed by atoms with Crippen molar-refractivity contribution < 1.29 is 9.53 Å². The van der Waals surface area contributed by atoms with Crippen LogP contribution in [0.1, 0.15) is 51.1 Å². The maximum absolute atomic E-state index is 12.1. The summed E-state index contributed by atoms with van der Waals surface area (Å²) in [5.74, 6) is 1.03. The molecule has 0 unspecified atom stereocenters. The maximum atomic E-state index is 12.1. The van der Waals surface area contributed by atoms with Gasteiger partial charge in [-0.05, 0) is 75.7 Å². The van der Waals surface area contributed by atoms with Crippen LogP contribution in [0.2, 0.25) is 5.02 Å². The second-order valence-corrected chi connectivity index (χ2v) is 8.72. The lowest BCUT2D eigenvalue weighted by atomic mass is 9.78. The summed E-state index contributed by atoms with van der Waals surface area (Å²) >= 11 is 6.22. The molecule has 1 N–H and O–H groups in total. The van der Waals surface area contributed by atoms with Crippen LogP contribution < -0.4 is 5.32 Å². The minimum absolute atomic E-state index is 0.0121. The van der Waals surface area contributed by atoms with Crippen molar-refractivity contribution in [3.8, 4) is 0 Å². The third kappa shape index (κ3) is 5.04. The number of halogens is 1. The molecule has 1 saturated carbocycles. The largest absolute Gasteiger partial charge is 0.466 e. The highest BCUT2D eigenvalue weighted by Gasteiger charge is 2.36. The molecule has 0 amide bonds. The topological polar surface area (TPSA) is 41.6 Å². The molecule has 5 heteroatoms. The van der Waals surface area contributed by atoms with E-state index in [1.54, 1.807) is 0 Å². The highest BCUT2D eigenvalue weighted by Crippen LogP contribution is 2.37. The van der Waals surface area contributed by atoms with E-state index in [0.29, 0.717) is 30.5 Å². The first-order valence-electron chi connectivity index (χ1n) is 10.3. The Labute approximate surface area is 168 Å². The SMILES string of the molecule is CCOC(=O)[C@@H]1CC[C@H](NC[C@@H]2CCN(C)[C@@H]2c2cccc(Cl)c2)C[C@@H]1C. The Morgan fingerprint density at radius 3 is 2.85 bits per heavy atom. The number of carbonyl (C=O) groups is 1. The van der Waals surface area contributed by atoms with Crippen molar-refractivity contribution in [1.29, 1.82) is 0 Å². The zero-order valence-electron chi connectivity index (χ0n) is 16.8. The Kier molecular flexibility index (Phi) is 7.18. The molecule has 0 spiro atoms. The standard InChI is InChI=1S/C22H33ClN2O2/c1-4-27-22(26)20-9-8-19(12-15(20)2)24-14-17-10-11-25(3)21(17)16-6-5-7-18(23)13-16/h5-7,13,15,17,19-21,24H,4,8-12,14H2,1-3H3/t15-,17-,19-,20+,21+/m0/s1. The Morgan fingerprint density at radius 2 is 2.15 bits per heavy atom. The average Bonchev–Trinajstić information content (AvgIpc) is 3.00. The second kappa shape index (κ2) is 9.40. The molecule has 1 aromatic rings. The summed E-state index contributed by atoms with van der Waals surface area (Å²) in [5.41, 5.74) is 1.31. The number of hydrogen-bond acceptors (Lipinski definition) is 4. The molecule has 0 aromatic heterocycles. The quantitative estimate of drug-likeness (QED) is 0.733. The predicted molar refractivity (Wildman–Crippen MR) is 110 cm³/mol. The highest BCUT2D eigenvalue weighted by molar-refractivity contribution is 6.30. The summed E-state index contributed by atoms with van der Waals surface area (Å²) in [6.45, 7) is 6.68. The smallest absolute Gasteiger partial charge is 0.309 e. The van der Waals surface area contributed by atoms with Gasteiger partial charge in [-0.2, -0.15) is 0 Å². The molecule has 2 aliphatic rings. The van der Waals surface area contributed by atoms with Gasteiger partial charge in [0.05, 0.1) is 12.5 Å². The number of likely N-dealkylation sites (tertiary alicyclic amines) is 1. The predicted octanol–water partition coefficient (Wildman–Crippen LogP) is 4.29. The number of nitrogens with one attached hydrogen (secondary N) is 1.